The lowest BCUT2D eigenvalue weighted by atomic mass is 10.1. The zero-order valence-electron chi connectivity index (χ0n) is 15.5. The summed E-state index contributed by atoms with van der Waals surface area (Å²) in [7, 11) is 1.64. The predicted molar refractivity (Wildman–Crippen MR) is 101 cm³/mol. The summed E-state index contributed by atoms with van der Waals surface area (Å²) in [4.78, 5) is 13.2. The number of carbonyl (C=O) groups is 1. The average molecular weight is 357 g/mol. The number of carboxylic acid groups (broad SMARTS) is 1. The molecule has 2 aromatic carbocycles. The molecule has 0 saturated carbocycles. The van der Waals surface area contributed by atoms with Gasteiger partial charge in [0, 0.05) is 26.7 Å². The molecule has 0 saturated heterocycles. The number of ether oxygens (including phenoxy) is 2. The van der Waals surface area contributed by atoms with Crippen LogP contribution in [-0.4, -0.2) is 42.8 Å². The Hall–Kier alpha value is -2.37. The van der Waals surface area contributed by atoms with Crippen LogP contribution in [0.2, 0.25) is 0 Å². The normalized spacial score (nSPS) is 10.9. The van der Waals surface area contributed by atoms with E-state index in [2.05, 4.69) is 30.0 Å². The van der Waals surface area contributed by atoms with Crippen molar-refractivity contribution in [3.05, 3.63) is 65.2 Å². The molecular formula is C21H27NO4. The van der Waals surface area contributed by atoms with Crippen LogP contribution in [0, 0.1) is 6.92 Å². The van der Waals surface area contributed by atoms with Crippen molar-refractivity contribution in [2.75, 3.05) is 26.9 Å². The highest BCUT2D eigenvalue weighted by molar-refractivity contribution is 5.66. The zero-order chi connectivity index (χ0) is 18.8. The Morgan fingerprint density at radius 1 is 1.04 bits per heavy atom. The van der Waals surface area contributed by atoms with E-state index >= 15 is 0 Å². The maximum absolute atomic E-state index is 11.0. The van der Waals surface area contributed by atoms with Crippen molar-refractivity contribution in [3.8, 4) is 5.75 Å². The highest BCUT2D eigenvalue weighted by atomic mass is 16.5. The molecule has 2 rings (SSSR count). The number of methoxy groups -OCH3 is 1. The molecule has 0 aliphatic carbocycles. The van der Waals surface area contributed by atoms with E-state index in [4.69, 9.17) is 14.6 Å². The number of hydrogen-bond donors (Lipinski definition) is 1. The lowest BCUT2D eigenvalue weighted by molar-refractivity contribution is -0.137. The third kappa shape index (κ3) is 7.25. The highest BCUT2D eigenvalue weighted by Gasteiger charge is 2.10. The predicted octanol–water partition coefficient (Wildman–Crippen LogP) is 3.50. The van der Waals surface area contributed by atoms with Gasteiger partial charge < -0.3 is 14.6 Å². The summed E-state index contributed by atoms with van der Waals surface area (Å²) in [6, 6.07) is 16.2. The van der Waals surface area contributed by atoms with Gasteiger partial charge in [-0.3, -0.25) is 9.69 Å². The molecule has 26 heavy (non-hydrogen) atoms. The van der Waals surface area contributed by atoms with E-state index in [0.717, 1.165) is 11.3 Å². The molecule has 2 aromatic rings. The Labute approximate surface area is 155 Å². The van der Waals surface area contributed by atoms with Gasteiger partial charge in [-0.05, 0) is 30.2 Å². The van der Waals surface area contributed by atoms with Crippen LogP contribution in [0.15, 0.2) is 48.5 Å². The molecule has 5 heteroatoms. The number of aliphatic carboxylic acids is 1. The first-order valence-electron chi connectivity index (χ1n) is 8.77. The van der Waals surface area contributed by atoms with Gasteiger partial charge in [0.05, 0.1) is 13.0 Å². The minimum Gasteiger partial charge on any atom is -0.491 e. The maximum atomic E-state index is 11.0. The molecule has 0 radical (unpaired) electrons. The molecule has 0 bridgehead atoms. The number of aryl methyl sites for hydroxylation is 1. The van der Waals surface area contributed by atoms with Crippen molar-refractivity contribution in [2.45, 2.75) is 26.4 Å². The molecule has 0 amide bonds. The second-order valence-corrected chi connectivity index (χ2v) is 6.33. The summed E-state index contributed by atoms with van der Waals surface area (Å²) in [6.07, 6.45) is 0.121. The molecule has 0 aliphatic heterocycles. The van der Waals surface area contributed by atoms with Crippen molar-refractivity contribution < 1.29 is 19.4 Å². The largest absolute Gasteiger partial charge is 0.491 e. The highest BCUT2D eigenvalue weighted by Crippen LogP contribution is 2.17. The Kier molecular flexibility index (Phi) is 8.12. The summed E-state index contributed by atoms with van der Waals surface area (Å²) in [5.41, 5.74) is 3.48. The maximum Gasteiger partial charge on any atom is 0.304 e. The van der Waals surface area contributed by atoms with Crippen molar-refractivity contribution in [1.29, 1.82) is 0 Å². The average Bonchev–Trinajstić information content (AvgIpc) is 2.60. The second-order valence-electron chi connectivity index (χ2n) is 6.33. The lowest BCUT2D eigenvalue weighted by Gasteiger charge is -2.22. The van der Waals surface area contributed by atoms with Gasteiger partial charge in [-0.1, -0.05) is 42.0 Å². The van der Waals surface area contributed by atoms with Crippen LogP contribution in [0.3, 0.4) is 0 Å². The van der Waals surface area contributed by atoms with E-state index in [1.165, 1.54) is 11.1 Å². The van der Waals surface area contributed by atoms with Gasteiger partial charge in [0.1, 0.15) is 12.4 Å². The van der Waals surface area contributed by atoms with Crippen molar-refractivity contribution in [1.82, 2.24) is 4.90 Å². The van der Waals surface area contributed by atoms with Gasteiger partial charge >= 0.3 is 5.97 Å². The Balaban J connectivity index is 2.05. The van der Waals surface area contributed by atoms with Gasteiger partial charge in [-0.25, -0.2) is 0 Å². The number of nitrogens with zero attached hydrogens (tertiary/aromatic N) is 1. The third-order valence-electron chi connectivity index (χ3n) is 3.99. The van der Waals surface area contributed by atoms with Crippen LogP contribution in [0.1, 0.15) is 23.1 Å². The molecule has 0 heterocycles. The van der Waals surface area contributed by atoms with Crippen LogP contribution in [0.5, 0.6) is 5.75 Å². The first-order valence-corrected chi connectivity index (χ1v) is 8.77. The fourth-order valence-corrected chi connectivity index (χ4v) is 2.77. The number of hydrogen-bond acceptors (Lipinski definition) is 4. The Morgan fingerprint density at radius 3 is 2.38 bits per heavy atom. The smallest absolute Gasteiger partial charge is 0.304 e. The fraction of sp³-hybridized carbons (Fsp3) is 0.381. The number of carboxylic acids is 1. The number of benzene rings is 2. The van der Waals surface area contributed by atoms with E-state index in [1.807, 2.05) is 30.3 Å². The van der Waals surface area contributed by atoms with Gasteiger partial charge in [0.2, 0.25) is 0 Å². The molecule has 0 atom stereocenters. The minimum absolute atomic E-state index is 0.121. The van der Waals surface area contributed by atoms with E-state index in [0.29, 0.717) is 32.8 Å². The third-order valence-corrected chi connectivity index (χ3v) is 3.99. The van der Waals surface area contributed by atoms with Crippen LogP contribution in [0.4, 0.5) is 0 Å². The summed E-state index contributed by atoms with van der Waals surface area (Å²) in [5, 5.41) is 9.04. The molecule has 140 valence electrons. The van der Waals surface area contributed by atoms with Gasteiger partial charge in [-0.15, -0.1) is 0 Å². The van der Waals surface area contributed by atoms with E-state index in [-0.39, 0.29) is 6.42 Å². The van der Waals surface area contributed by atoms with Crippen molar-refractivity contribution in [2.24, 2.45) is 0 Å². The monoisotopic (exact) mass is 357 g/mol. The topological polar surface area (TPSA) is 59.0 Å². The van der Waals surface area contributed by atoms with Gasteiger partial charge in [0.15, 0.2) is 0 Å². The zero-order valence-corrected chi connectivity index (χ0v) is 15.5. The van der Waals surface area contributed by atoms with Crippen molar-refractivity contribution in [3.63, 3.8) is 0 Å². The minimum atomic E-state index is -0.782. The van der Waals surface area contributed by atoms with E-state index in [1.54, 1.807) is 7.11 Å². The summed E-state index contributed by atoms with van der Waals surface area (Å²) >= 11 is 0. The summed E-state index contributed by atoms with van der Waals surface area (Å²) in [6.45, 7) is 4.99. The Bertz CT molecular complexity index is 702. The molecule has 0 aliphatic rings. The van der Waals surface area contributed by atoms with E-state index in [9.17, 15) is 4.79 Å². The summed E-state index contributed by atoms with van der Waals surface area (Å²) in [5.74, 6) is 0.0178. The van der Waals surface area contributed by atoms with Crippen LogP contribution < -0.4 is 4.74 Å². The van der Waals surface area contributed by atoms with Crippen LogP contribution >= 0.6 is 0 Å². The lowest BCUT2D eigenvalue weighted by Crippen LogP contribution is -2.25. The molecule has 1 N–H and O–H groups in total. The molecular weight excluding hydrogens is 330 g/mol. The van der Waals surface area contributed by atoms with E-state index < -0.39 is 5.97 Å². The first-order chi connectivity index (χ1) is 12.6. The first kappa shape index (κ1) is 19.9. The summed E-state index contributed by atoms with van der Waals surface area (Å²) < 4.78 is 10.7. The van der Waals surface area contributed by atoms with Crippen LogP contribution in [-0.2, 0) is 22.6 Å². The molecule has 5 nitrogen and oxygen atoms in total. The Morgan fingerprint density at radius 2 is 1.73 bits per heavy atom. The molecule has 0 fully saturated rings. The van der Waals surface area contributed by atoms with Crippen LogP contribution in [0.25, 0.3) is 0 Å². The van der Waals surface area contributed by atoms with Crippen molar-refractivity contribution >= 4 is 5.97 Å². The molecule has 0 unspecified atom stereocenters. The second kappa shape index (κ2) is 10.6. The quantitative estimate of drug-likeness (QED) is 0.624. The SMILES string of the molecule is COCCOc1cccc(CN(CCC(=O)O)Cc2cccc(C)c2)c1. The molecule has 0 aromatic heterocycles. The molecule has 0 spiro atoms. The van der Waals surface area contributed by atoms with Gasteiger partial charge in [0.25, 0.3) is 0 Å². The standard InChI is InChI=1S/C21H27NO4/c1-17-5-3-6-18(13-17)15-22(10-9-21(23)24)16-19-7-4-8-20(14-19)26-12-11-25-2/h3-8,13-14H,9-12,15-16H2,1-2H3,(H,23,24). The fourth-order valence-electron chi connectivity index (χ4n) is 2.77. The number of rotatable bonds is 11. The van der Waals surface area contributed by atoms with Gasteiger partial charge in [-0.2, -0.15) is 0 Å².